The van der Waals surface area contributed by atoms with E-state index in [4.69, 9.17) is 19.2 Å². The first-order chi connectivity index (χ1) is 12.6. The second kappa shape index (κ2) is 6.59. The van der Waals surface area contributed by atoms with Crippen molar-refractivity contribution in [1.82, 2.24) is 4.98 Å². The van der Waals surface area contributed by atoms with Crippen LogP contribution in [-0.4, -0.2) is 57.2 Å². The molecule has 1 N–H and O–H groups in total. The van der Waals surface area contributed by atoms with Crippen LogP contribution in [0.5, 0.6) is 11.5 Å². The standard InChI is InChI=1S/C20H26N2O4/c1-13-6-18(21-19-16(13)7-15(24-2)8-17(19)25-3)22-9-14-10-26-5-4-20(14,11-22)12-23/h6-8,14,23H,4-5,9-12H2,1-3H3/t14-,20-/m1/s1. The Bertz CT molecular complexity index is 825. The number of hydrogen-bond acceptors (Lipinski definition) is 6. The summed E-state index contributed by atoms with van der Waals surface area (Å²) in [5, 5.41) is 11.1. The van der Waals surface area contributed by atoms with Crippen LogP contribution in [-0.2, 0) is 4.74 Å². The van der Waals surface area contributed by atoms with Gasteiger partial charge >= 0.3 is 0 Å². The highest BCUT2D eigenvalue weighted by atomic mass is 16.5. The van der Waals surface area contributed by atoms with Crippen molar-refractivity contribution in [2.45, 2.75) is 13.3 Å². The lowest BCUT2D eigenvalue weighted by atomic mass is 9.75. The van der Waals surface area contributed by atoms with E-state index >= 15 is 0 Å². The Kier molecular flexibility index (Phi) is 4.40. The molecule has 2 fully saturated rings. The molecule has 0 radical (unpaired) electrons. The maximum absolute atomic E-state index is 10.0. The van der Waals surface area contributed by atoms with Gasteiger partial charge in [-0.3, -0.25) is 0 Å². The van der Waals surface area contributed by atoms with Gasteiger partial charge in [0.05, 0.1) is 27.4 Å². The molecule has 0 bridgehead atoms. The van der Waals surface area contributed by atoms with E-state index in [1.165, 1.54) is 0 Å². The highest BCUT2D eigenvalue weighted by molar-refractivity contribution is 5.90. The molecule has 2 saturated heterocycles. The van der Waals surface area contributed by atoms with Gasteiger partial charge in [-0.2, -0.15) is 0 Å². The number of benzene rings is 1. The molecule has 6 heteroatoms. The van der Waals surface area contributed by atoms with Crippen LogP contribution >= 0.6 is 0 Å². The summed E-state index contributed by atoms with van der Waals surface area (Å²) in [6.07, 6.45) is 0.901. The zero-order chi connectivity index (χ0) is 18.3. The van der Waals surface area contributed by atoms with E-state index in [9.17, 15) is 5.11 Å². The number of methoxy groups -OCH3 is 2. The van der Waals surface area contributed by atoms with Crippen molar-refractivity contribution in [3.05, 3.63) is 23.8 Å². The molecule has 2 atom stereocenters. The topological polar surface area (TPSA) is 64.1 Å². The van der Waals surface area contributed by atoms with Crippen LogP contribution in [0.25, 0.3) is 10.9 Å². The molecule has 3 heterocycles. The van der Waals surface area contributed by atoms with Gasteiger partial charge < -0.3 is 24.2 Å². The second-order valence-electron chi connectivity index (χ2n) is 7.45. The number of nitrogens with zero attached hydrogens (tertiary/aromatic N) is 2. The van der Waals surface area contributed by atoms with Crippen LogP contribution in [0.1, 0.15) is 12.0 Å². The largest absolute Gasteiger partial charge is 0.497 e. The van der Waals surface area contributed by atoms with E-state index in [2.05, 4.69) is 17.9 Å². The summed E-state index contributed by atoms with van der Waals surface area (Å²) in [6, 6.07) is 5.98. The molecule has 2 aliphatic heterocycles. The minimum atomic E-state index is -0.0766. The third-order valence-corrected chi connectivity index (χ3v) is 6.02. The van der Waals surface area contributed by atoms with E-state index in [0.717, 1.165) is 54.2 Å². The minimum absolute atomic E-state index is 0.0766. The molecule has 0 saturated carbocycles. The van der Waals surface area contributed by atoms with Gasteiger partial charge in [0, 0.05) is 42.5 Å². The molecule has 1 aromatic carbocycles. The maximum Gasteiger partial charge on any atom is 0.148 e. The quantitative estimate of drug-likeness (QED) is 0.905. The normalized spacial score (nSPS) is 25.4. The number of aliphatic hydroxyl groups is 1. The summed E-state index contributed by atoms with van der Waals surface area (Å²) in [7, 11) is 3.31. The summed E-state index contributed by atoms with van der Waals surface area (Å²) >= 11 is 0. The molecule has 140 valence electrons. The van der Waals surface area contributed by atoms with Crippen LogP contribution in [0.2, 0.25) is 0 Å². The van der Waals surface area contributed by atoms with Crippen LogP contribution < -0.4 is 14.4 Å². The van der Waals surface area contributed by atoms with Gasteiger partial charge in [-0.25, -0.2) is 4.98 Å². The fourth-order valence-corrected chi connectivity index (χ4v) is 4.33. The number of aliphatic hydroxyl groups excluding tert-OH is 1. The molecule has 0 spiro atoms. The van der Waals surface area contributed by atoms with Crippen molar-refractivity contribution in [1.29, 1.82) is 0 Å². The molecule has 6 nitrogen and oxygen atoms in total. The second-order valence-corrected chi connectivity index (χ2v) is 7.45. The summed E-state index contributed by atoms with van der Waals surface area (Å²) in [5.74, 6) is 2.74. The monoisotopic (exact) mass is 358 g/mol. The van der Waals surface area contributed by atoms with Crippen molar-refractivity contribution in [2.24, 2.45) is 11.3 Å². The van der Waals surface area contributed by atoms with Crippen LogP contribution in [0.15, 0.2) is 18.2 Å². The summed E-state index contributed by atoms with van der Waals surface area (Å²) < 4.78 is 16.6. The summed E-state index contributed by atoms with van der Waals surface area (Å²) in [6.45, 7) is 5.39. The number of rotatable bonds is 4. The van der Waals surface area contributed by atoms with Gasteiger partial charge in [-0.15, -0.1) is 0 Å². The Balaban J connectivity index is 1.76. The number of aromatic nitrogens is 1. The number of anilines is 1. The average Bonchev–Trinajstić information content (AvgIpc) is 3.07. The zero-order valence-corrected chi connectivity index (χ0v) is 15.6. The highest BCUT2D eigenvalue weighted by Gasteiger charge is 2.48. The van der Waals surface area contributed by atoms with E-state index in [1.54, 1.807) is 14.2 Å². The van der Waals surface area contributed by atoms with E-state index in [-0.39, 0.29) is 12.0 Å². The van der Waals surface area contributed by atoms with Gasteiger partial charge in [0.1, 0.15) is 22.8 Å². The number of fused-ring (bicyclic) bond motifs is 2. The van der Waals surface area contributed by atoms with Gasteiger partial charge in [0.2, 0.25) is 0 Å². The highest BCUT2D eigenvalue weighted by Crippen LogP contribution is 2.44. The fourth-order valence-electron chi connectivity index (χ4n) is 4.33. The number of pyridine rings is 1. The molecule has 26 heavy (non-hydrogen) atoms. The number of ether oxygens (including phenoxy) is 3. The summed E-state index contributed by atoms with van der Waals surface area (Å²) in [5.41, 5.74) is 1.89. The number of aryl methyl sites for hydroxylation is 1. The third-order valence-electron chi connectivity index (χ3n) is 6.02. The fraction of sp³-hybridized carbons (Fsp3) is 0.550. The smallest absolute Gasteiger partial charge is 0.148 e. The Morgan fingerprint density at radius 1 is 1.31 bits per heavy atom. The molecule has 0 unspecified atom stereocenters. The number of hydrogen-bond donors (Lipinski definition) is 1. The third kappa shape index (κ3) is 2.68. The van der Waals surface area contributed by atoms with E-state index in [0.29, 0.717) is 18.3 Å². The predicted molar refractivity (Wildman–Crippen MR) is 100 cm³/mol. The molecule has 0 aliphatic carbocycles. The Morgan fingerprint density at radius 3 is 2.85 bits per heavy atom. The van der Waals surface area contributed by atoms with Gasteiger partial charge in [0.25, 0.3) is 0 Å². The molecule has 1 aromatic heterocycles. The molecular formula is C20H26N2O4. The van der Waals surface area contributed by atoms with Gasteiger partial charge in [0.15, 0.2) is 0 Å². The Labute approximate surface area is 153 Å². The first-order valence-corrected chi connectivity index (χ1v) is 9.07. The summed E-state index contributed by atoms with van der Waals surface area (Å²) in [4.78, 5) is 7.19. The molecule has 4 rings (SSSR count). The molecule has 0 amide bonds. The van der Waals surface area contributed by atoms with Crippen molar-refractivity contribution in [2.75, 3.05) is 52.0 Å². The zero-order valence-electron chi connectivity index (χ0n) is 15.6. The molecule has 2 aromatic rings. The predicted octanol–water partition coefficient (Wildman–Crippen LogP) is 2.40. The van der Waals surface area contributed by atoms with E-state index < -0.39 is 0 Å². The SMILES string of the molecule is COc1cc(OC)c2nc(N3C[C@@H]4COCC[C@]4(CO)C3)cc(C)c2c1. The van der Waals surface area contributed by atoms with Crippen LogP contribution in [0.3, 0.4) is 0 Å². The lowest BCUT2D eigenvalue weighted by molar-refractivity contribution is -0.0410. The molecular weight excluding hydrogens is 332 g/mol. The molecule has 2 aliphatic rings. The maximum atomic E-state index is 10.0. The first kappa shape index (κ1) is 17.4. The Morgan fingerprint density at radius 2 is 2.15 bits per heavy atom. The van der Waals surface area contributed by atoms with Crippen molar-refractivity contribution in [3.8, 4) is 11.5 Å². The van der Waals surface area contributed by atoms with E-state index in [1.807, 2.05) is 12.1 Å². The van der Waals surface area contributed by atoms with Gasteiger partial charge in [-0.1, -0.05) is 0 Å². The van der Waals surface area contributed by atoms with Crippen molar-refractivity contribution < 1.29 is 19.3 Å². The van der Waals surface area contributed by atoms with Crippen molar-refractivity contribution in [3.63, 3.8) is 0 Å². The lowest BCUT2D eigenvalue weighted by Crippen LogP contribution is -2.41. The lowest BCUT2D eigenvalue weighted by Gasteiger charge is -2.36. The first-order valence-electron chi connectivity index (χ1n) is 9.07. The Hall–Kier alpha value is -2.05. The van der Waals surface area contributed by atoms with Crippen molar-refractivity contribution >= 4 is 16.7 Å². The van der Waals surface area contributed by atoms with Crippen LogP contribution in [0.4, 0.5) is 5.82 Å². The van der Waals surface area contributed by atoms with Crippen LogP contribution in [0, 0.1) is 18.3 Å². The minimum Gasteiger partial charge on any atom is -0.497 e. The average molecular weight is 358 g/mol. The van der Waals surface area contributed by atoms with Gasteiger partial charge in [-0.05, 0) is 31.0 Å².